The lowest BCUT2D eigenvalue weighted by atomic mass is 10.1. The van der Waals surface area contributed by atoms with E-state index in [9.17, 15) is 9.18 Å². The van der Waals surface area contributed by atoms with Gasteiger partial charge in [-0.05, 0) is 67.1 Å². The Labute approximate surface area is 149 Å². The van der Waals surface area contributed by atoms with Crippen molar-refractivity contribution in [2.75, 3.05) is 0 Å². The van der Waals surface area contributed by atoms with Crippen molar-refractivity contribution in [1.29, 1.82) is 0 Å². The van der Waals surface area contributed by atoms with Gasteiger partial charge in [-0.25, -0.2) is 4.39 Å². The average molecular weight is 356 g/mol. The Morgan fingerprint density at radius 1 is 1.16 bits per heavy atom. The topological polar surface area (TPSA) is 60.7 Å². The number of carbonyl (C=O) groups is 1. The van der Waals surface area contributed by atoms with Crippen molar-refractivity contribution >= 4 is 17.5 Å². The van der Waals surface area contributed by atoms with E-state index < -0.39 is 5.25 Å². The van der Waals surface area contributed by atoms with Crippen molar-refractivity contribution in [2.45, 2.75) is 31.2 Å². The second-order valence-electron chi connectivity index (χ2n) is 5.79. The van der Waals surface area contributed by atoms with Crippen molar-refractivity contribution in [2.24, 2.45) is 0 Å². The zero-order chi connectivity index (χ0) is 18.0. The molecule has 2 aromatic carbocycles. The number of ketones is 1. The first-order chi connectivity index (χ1) is 12.0. The summed E-state index contributed by atoms with van der Waals surface area (Å²) in [5.74, 6) is -0.462. The van der Waals surface area contributed by atoms with Crippen LogP contribution in [0.4, 0.5) is 4.39 Å². The molecule has 0 amide bonds. The Kier molecular flexibility index (Phi) is 4.94. The first-order valence-electron chi connectivity index (χ1n) is 7.78. The number of halogens is 1. The number of thioether (sulfide) groups is 1. The van der Waals surface area contributed by atoms with E-state index in [4.69, 9.17) is 0 Å². The fourth-order valence-corrected chi connectivity index (χ4v) is 3.38. The van der Waals surface area contributed by atoms with Gasteiger partial charge in [0.1, 0.15) is 5.82 Å². The lowest BCUT2D eigenvalue weighted by Crippen LogP contribution is -2.15. The van der Waals surface area contributed by atoms with Crippen LogP contribution in [0.25, 0.3) is 5.69 Å². The van der Waals surface area contributed by atoms with Gasteiger partial charge in [-0.15, -0.1) is 5.10 Å². The molecule has 0 saturated heterocycles. The molecule has 128 valence electrons. The minimum absolute atomic E-state index is 0.0971. The van der Waals surface area contributed by atoms with Crippen LogP contribution >= 0.6 is 11.8 Å². The summed E-state index contributed by atoms with van der Waals surface area (Å²) >= 11 is 1.28. The number of tetrazole rings is 1. The Bertz CT molecular complexity index is 908. The van der Waals surface area contributed by atoms with Gasteiger partial charge in [0.2, 0.25) is 5.16 Å². The zero-order valence-corrected chi connectivity index (χ0v) is 14.9. The minimum atomic E-state index is -0.402. The Balaban J connectivity index is 1.83. The number of carbonyl (C=O) groups excluding carboxylic acids is 1. The van der Waals surface area contributed by atoms with Crippen LogP contribution in [0.2, 0.25) is 0 Å². The van der Waals surface area contributed by atoms with Crippen LogP contribution in [0.3, 0.4) is 0 Å². The molecule has 1 atom stereocenters. The third kappa shape index (κ3) is 3.76. The smallest absolute Gasteiger partial charge is 0.214 e. The van der Waals surface area contributed by atoms with Crippen LogP contribution < -0.4 is 0 Å². The highest BCUT2D eigenvalue weighted by Gasteiger charge is 2.21. The van der Waals surface area contributed by atoms with Gasteiger partial charge in [0.15, 0.2) is 5.78 Å². The van der Waals surface area contributed by atoms with Gasteiger partial charge in [-0.2, -0.15) is 4.68 Å². The zero-order valence-electron chi connectivity index (χ0n) is 14.1. The number of hydrogen-bond donors (Lipinski definition) is 0. The third-order valence-corrected chi connectivity index (χ3v) is 4.83. The summed E-state index contributed by atoms with van der Waals surface area (Å²) in [4.78, 5) is 12.5. The maximum absolute atomic E-state index is 13.0. The predicted molar refractivity (Wildman–Crippen MR) is 94.7 cm³/mol. The number of nitrogens with zero attached hydrogens (tertiary/aromatic N) is 4. The number of aromatic nitrogens is 4. The molecular weight excluding hydrogens is 339 g/mol. The molecule has 7 heteroatoms. The summed E-state index contributed by atoms with van der Waals surface area (Å²) in [5.41, 5.74) is 3.54. The molecule has 0 spiro atoms. The molecular formula is C18H17FN4OS. The van der Waals surface area contributed by atoms with Crippen molar-refractivity contribution in [3.05, 3.63) is 65.0 Å². The fraction of sp³-hybridized carbons (Fsp3) is 0.222. The molecule has 3 rings (SSSR count). The maximum atomic E-state index is 13.0. The Morgan fingerprint density at radius 2 is 1.88 bits per heavy atom. The summed E-state index contributed by atoms with van der Waals surface area (Å²) in [5, 5.41) is 12.0. The molecule has 0 radical (unpaired) electrons. The summed E-state index contributed by atoms with van der Waals surface area (Å²) in [6.07, 6.45) is 0. The van der Waals surface area contributed by atoms with Gasteiger partial charge in [-0.3, -0.25) is 4.79 Å². The molecule has 1 unspecified atom stereocenters. The van der Waals surface area contributed by atoms with Crippen LogP contribution in [-0.4, -0.2) is 31.2 Å². The standard InChI is InChI=1S/C18H17FN4OS/c1-11-4-9-16(12(2)10-11)23-18(20-21-22-23)25-13(3)17(24)14-5-7-15(19)8-6-14/h4-10,13H,1-3H3. The van der Waals surface area contributed by atoms with Crippen LogP contribution in [0.1, 0.15) is 28.4 Å². The molecule has 5 nitrogen and oxygen atoms in total. The predicted octanol–water partition coefficient (Wildman–Crippen LogP) is 3.78. The molecule has 25 heavy (non-hydrogen) atoms. The molecule has 0 aliphatic carbocycles. The second-order valence-corrected chi connectivity index (χ2v) is 7.10. The van der Waals surface area contributed by atoms with Crippen molar-refractivity contribution in [1.82, 2.24) is 20.2 Å². The van der Waals surface area contributed by atoms with Gasteiger partial charge >= 0.3 is 0 Å². The highest BCUT2D eigenvalue weighted by molar-refractivity contribution is 8.00. The third-order valence-electron chi connectivity index (χ3n) is 3.80. The fourth-order valence-electron chi connectivity index (χ4n) is 2.51. The molecule has 0 saturated carbocycles. The molecule has 0 fully saturated rings. The summed E-state index contributed by atoms with van der Waals surface area (Å²) in [6, 6.07) is 11.5. The summed E-state index contributed by atoms with van der Waals surface area (Å²) in [6.45, 7) is 5.80. The number of aryl methyl sites for hydroxylation is 2. The Morgan fingerprint density at radius 3 is 2.56 bits per heavy atom. The lowest BCUT2D eigenvalue weighted by Gasteiger charge is -2.11. The number of Topliss-reactive ketones (excluding diaryl/α,β-unsaturated/α-hetero) is 1. The first-order valence-corrected chi connectivity index (χ1v) is 8.66. The van der Waals surface area contributed by atoms with Crippen LogP contribution in [0.5, 0.6) is 0 Å². The van der Waals surface area contributed by atoms with E-state index in [1.807, 2.05) is 26.0 Å². The van der Waals surface area contributed by atoms with E-state index in [-0.39, 0.29) is 11.6 Å². The van der Waals surface area contributed by atoms with Gasteiger partial charge in [0.05, 0.1) is 10.9 Å². The number of rotatable bonds is 5. The van der Waals surface area contributed by atoms with E-state index >= 15 is 0 Å². The summed E-state index contributed by atoms with van der Waals surface area (Å²) in [7, 11) is 0. The first kappa shape index (κ1) is 17.3. The molecule has 3 aromatic rings. The maximum Gasteiger partial charge on any atom is 0.214 e. The number of benzene rings is 2. The largest absolute Gasteiger partial charge is 0.293 e. The molecule has 0 aliphatic rings. The van der Waals surface area contributed by atoms with E-state index in [1.165, 1.54) is 36.0 Å². The van der Waals surface area contributed by atoms with E-state index in [0.29, 0.717) is 10.7 Å². The van der Waals surface area contributed by atoms with E-state index in [2.05, 4.69) is 21.6 Å². The highest BCUT2D eigenvalue weighted by Crippen LogP contribution is 2.26. The van der Waals surface area contributed by atoms with E-state index in [0.717, 1.165) is 16.8 Å². The monoisotopic (exact) mass is 356 g/mol. The van der Waals surface area contributed by atoms with Crippen LogP contribution in [0.15, 0.2) is 47.6 Å². The van der Waals surface area contributed by atoms with Gasteiger partial charge in [-0.1, -0.05) is 29.5 Å². The van der Waals surface area contributed by atoms with Gasteiger partial charge in [0, 0.05) is 5.56 Å². The molecule has 0 N–H and O–H groups in total. The molecule has 1 heterocycles. The Hall–Kier alpha value is -2.54. The van der Waals surface area contributed by atoms with Crippen molar-refractivity contribution in [3.8, 4) is 5.69 Å². The number of hydrogen-bond acceptors (Lipinski definition) is 5. The van der Waals surface area contributed by atoms with Crippen LogP contribution in [0, 0.1) is 19.7 Å². The molecule has 0 aliphatic heterocycles. The van der Waals surface area contributed by atoms with Crippen LogP contribution in [-0.2, 0) is 0 Å². The van der Waals surface area contributed by atoms with E-state index in [1.54, 1.807) is 11.6 Å². The van der Waals surface area contributed by atoms with Crippen molar-refractivity contribution < 1.29 is 9.18 Å². The SMILES string of the molecule is Cc1ccc(-n2nnnc2SC(C)C(=O)c2ccc(F)cc2)c(C)c1. The highest BCUT2D eigenvalue weighted by atomic mass is 32.2. The molecule has 1 aromatic heterocycles. The molecule has 0 bridgehead atoms. The van der Waals surface area contributed by atoms with Gasteiger partial charge < -0.3 is 0 Å². The normalized spacial score (nSPS) is 12.2. The quantitative estimate of drug-likeness (QED) is 0.514. The lowest BCUT2D eigenvalue weighted by molar-refractivity contribution is 0.0994. The summed E-state index contributed by atoms with van der Waals surface area (Å²) < 4.78 is 14.6. The average Bonchev–Trinajstić information content (AvgIpc) is 3.02. The second kappa shape index (κ2) is 7.14. The van der Waals surface area contributed by atoms with Gasteiger partial charge in [0.25, 0.3) is 0 Å². The minimum Gasteiger partial charge on any atom is -0.293 e. The van der Waals surface area contributed by atoms with Crippen molar-refractivity contribution in [3.63, 3.8) is 0 Å².